The summed E-state index contributed by atoms with van der Waals surface area (Å²) in [6.45, 7) is 11.0. The molecule has 2 N–H and O–H groups in total. The topological polar surface area (TPSA) is 24.1 Å². The van der Waals surface area contributed by atoms with E-state index >= 15 is 0 Å². The molecule has 0 fully saturated rings. The van der Waals surface area contributed by atoms with Crippen LogP contribution in [0.15, 0.2) is 11.3 Å². The first-order valence-electron chi connectivity index (χ1n) is 4.64. The highest BCUT2D eigenvalue weighted by Gasteiger charge is 2.08. The predicted octanol–water partition coefficient (Wildman–Crippen LogP) is 2.30. The van der Waals surface area contributed by atoms with Crippen molar-refractivity contribution < 1.29 is 0 Å². The maximum Gasteiger partial charge on any atom is 0.0278 e. The highest BCUT2D eigenvalue weighted by Crippen LogP contribution is 2.17. The third-order valence-electron chi connectivity index (χ3n) is 2.13. The van der Waals surface area contributed by atoms with Crippen molar-refractivity contribution in [3.8, 4) is 0 Å². The van der Waals surface area contributed by atoms with Gasteiger partial charge in [0.05, 0.1) is 0 Å². The molecule has 0 aromatic carbocycles. The van der Waals surface area contributed by atoms with Gasteiger partial charge in [-0.05, 0) is 18.8 Å². The van der Waals surface area contributed by atoms with Gasteiger partial charge in [0.15, 0.2) is 0 Å². The van der Waals surface area contributed by atoms with E-state index in [1.807, 2.05) is 7.05 Å². The van der Waals surface area contributed by atoms with Crippen molar-refractivity contribution in [1.29, 1.82) is 0 Å². The van der Waals surface area contributed by atoms with Gasteiger partial charge >= 0.3 is 0 Å². The van der Waals surface area contributed by atoms with Gasteiger partial charge in [-0.15, -0.1) is 0 Å². The van der Waals surface area contributed by atoms with Crippen molar-refractivity contribution >= 4 is 0 Å². The van der Waals surface area contributed by atoms with Crippen molar-refractivity contribution in [3.05, 3.63) is 11.3 Å². The van der Waals surface area contributed by atoms with E-state index in [9.17, 15) is 0 Å². The second-order valence-electron chi connectivity index (χ2n) is 3.78. The lowest BCUT2D eigenvalue weighted by atomic mass is 9.97. The van der Waals surface area contributed by atoms with Crippen LogP contribution >= 0.6 is 0 Å². The molecule has 0 saturated carbocycles. The van der Waals surface area contributed by atoms with Crippen LogP contribution in [0.5, 0.6) is 0 Å². The van der Waals surface area contributed by atoms with Gasteiger partial charge in [-0.3, -0.25) is 0 Å². The van der Waals surface area contributed by atoms with E-state index in [4.69, 9.17) is 0 Å². The third-order valence-corrected chi connectivity index (χ3v) is 2.13. The van der Waals surface area contributed by atoms with Gasteiger partial charge in [0.2, 0.25) is 0 Å². The number of hydrazine groups is 1. The Balaban J connectivity index is 4.55. The summed E-state index contributed by atoms with van der Waals surface area (Å²) in [6, 6.07) is 0. The first-order chi connectivity index (χ1) is 5.50. The Kier molecular flexibility index (Phi) is 4.98. The number of rotatable bonds is 4. The minimum Gasteiger partial charge on any atom is -0.326 e. The molecule has 0 aliphatic carbocycles. The summed E-state index contributed by atoms with van der Waals surface area (Å²) in [5.41, 5.74) is 8.91. The van der Waals surface area contributed by atoms with Crippen LogP contribution in [0.25, 0.3) is 0 Å². The quantitative estimate of drug-likeness (QED) is 0.633. The summed E-state index contributed by atoms with van der Waals surface area (Å²) in [6.07, 6.45) is 0. The molecule has 0 aromatic heterocycles. The Morgan fingerprint density at radius 2 is 1.50 bits per heavy atom. The molecule has 0 atom stereocenters. The smallest absolute Gasteiger partial charge is 0.0278 e. The van der Waals surface area contributed by atoms with E-state index in [1.54, 1.807) is 0 Å². The molecule has 0 bridgehead atoms. The van der Waals surface area contributed by atoms with E-state index in [0.717, 1.165) is 0 Å². The predicted molar refractivity (Wildman–Crippen MR) is 54.6 cm³/mol. The van der Waals surface area contributed by atoms with Crippen LogP contribution in [-0.2, 0) is 0 Å². The van der Waals surface area contributed by atoms with Crippen LogP contribution < -0.4 is 10.9 Å². The Morgan fingerprint density at radius 3 is 1.75 bits per heavy atom. The van der Waals surface area contributed by atoms with Gasteiger partial charge < -0.3 is 5.43 Å². The average Bonchev–Trinajstić information content (AvgIpc) is 1.98. The SMILES string of the molecule is CNN/C(=C(\C)C(C)C)C(C)C. The van der Waals surface area contributed by atoms with Crippen molar-refractivity contribution in [2.24, 2.45) is 11.8 Å². The number of nitrogens with one attached hydrogen (secondary N) is 2. The fourth-order valence-electron chi connectivity index (χ4n) is 1.14. The maximum atomic E-state index is 3.19. The normalized spacial score (nSPS) is 13.7. The summed E-state index contributed by atoms with van der Waals surface area (Å²) in [7, 11) is 1.90. The molecule has 0 aliphatic rings. The maximum absolute atomic E-state index is 3.19. The molecular weight excluding hydrogens is 148 g/mol. The monoisotopic (exact) mass is 170 g/mol. The van der Waals surface area contributed by atoms with Crippen molar-refractivity contribution in [3.63, 3.8) is 0 Å². The molecule has 0 spiro atoms. The van der Waals surface area contributed by atoms with Crippen molar-refractivity contribution in [1.82, 2.24) is 10.9 Å². The molecular formula is C10H22N2. The standard InChI is InChI=1S/C10H22N2/c1-7(2)9(5)10(8(3)4)12-11-6/h7-8,11-12H,1-6H3/b10-9+. The molecule has 72 valence electrons. The van der Waals surface area contributed by atoms with Gasteiger partial charge in [0.1, 0.15) is 0 Å². The first kappa shape index (κ1) is 11.5. The zero-order valence-electron chi connectivity index (χ0n) is 9.15. The fraction of sp³-hybridized carbons (Fsp3) is 0.800. The molecule has 0 radical (unpaired) electrons. The minimum atomic E-state index is 0.555. The number of hydrogen-bond donors (Lipinski definition) is 2. The van der Waals surface area contributed by atoms with Crippen LogP contribution in [0, 0.1) is 11.8 Å². The Hall–Kier alpha value is -0.500. The molecule has 2 nitrogen and oxygen atoms in total. The van der Waals surface area contributed by atoms with E-state index < -0.39 is 0 Å². The lowest BCUT2D eigenvalue weighted by Gasteiger charge is -2.19. The van der Waals surface area contributed by atoms with Crippen LogP contribution in [0.2, 0.25) is 0 Å². The fourth-order valence-corrected chi connectivity index (χ4v) is 1.14. The van der Waals surface area contributed by atoms with Crippen LogP contribution in [-0.4, -0.2) is 7.05 Å². The zero-order valence-corrected chi connectivity index (χ0v) is 9.15. The van der Waals surface area contributed by atoms with Crippen LogP contribution in [0.4, 0.5) is 0 Å². The molecule has 2 heteroatoms. The first-order valence-corrected chi connectivity index (χ1v) is 4.64. The summed E-state index contributed by atoms with van der Waals surface area (Å²) < 4.78 is 0. The van der Waals surface area contributed by atoms with Gasteiger partial charge in [0.25, 0.3) is 0 Å². The van der Waals surface area contributed by atoms with E-state index in [1.165, 1.54) is 11.3 Å². The van der Waals surface area contributed by atoms with Gasteiger partial charge in [-0.2, -0.15) is 0 Å². The van der Waals surface area contributed by atoms with Crippen LogP contribution in [0.1, 0.15) is 34.6 Å². The van der Waals surface area contributed by atoms with Gasteiger partial charge in [0, 0.05) is 12.7 Å². The highest BCUT2D eigenvalue weighted by molar-refractivity contribution is 5.13. The van der Waals surface area contributed by atoms with Crippen molar-refractivity contribution in [2.45, 2.75) is 34.6 Å². The lowest BCUT2D eigenvalue weighted by Crippen LogP contribution is -2.30. The minimum absolute atomic E-state index is 0.555. The zero-order chi connectivity index (χ0) is 9.72. The molecule has 0 rings (SSSR count). The largest absolute Gasteiger partial charge is 0.326 e. The molecule has 0 heterocycles. The highest BCUT2D eigenvalue weighted by atomic mass is 15.3. The molecule has 0 saturated heterocycles. The van der Waals surface area contributed by atoms with E-state index in [-0.39, 0.29) is 0 Å². The molecule has 0 aliphatic heterocycles. The van der Waals surface area contributed by atoms with E-state index in [2.05, 4.69) is 45.5 Å². The molecule has 12 heavy (non-hydrogen) atoms. The van der Waals surface area contributed by atoms with E-state index in [0.29, 0.717) is 11.8 Å². The Bertz CT molecular complexity index is 157. The van der Waals surface area contributed by atoms with Gasteiger partial charge in [-0.1, -0.05) is 33.3 Å². The Morgan fingerprint density at radius 1 is 1.00 bits per heavy atom. The molecule has 0 aromatic rings. The third kappa shape index (κ3) is 3.26. The second kappa shape index (κ2) is 5.20. The number of hydrogen-bond acceptors (Lipinski definition) is 2. The average molecular weight is 170 g/mol. The summed E-state index contributed by atoms with van der Waals surface area (Å²) >= 11 is 0. The number of allylic oxidation sites excluding steroid dienone is 2. The summed E-state index contributed by atoms with van der Waals surface area (Å²) in [4.78, 5) is 0. The van der Waals surface area contributed by atoms with Crippen molar-refractivity contribution in [2.75, 3.05) is 7.05 Å². The second-order valence-corrected chi connectivity index (χ2v) is 3.78. The lowest BCUT2D eigenvalue weighted by molar-refractivity contribution is 0.565. The van der Waals surface area contributed by atoms with Gasteiger partial charge in [-0.25, -0.2) is 5.43 Å². The summed E-state index contributed by atoms with van der Waals surface area (Å²) in [5, 5.41) is 0. The Labute approximate surface area is 76.4 Å². The summed E-state index contributed by atoms with van der Waals surface area (Å²) in [5.74, 6) is 1.17. The molecule has 0 amide bonds. The van der Waals surface area contributed by atoms with Crippen LogP contribution in [0.3, 0.4) is 0 Å². The molecule has 0 unspecified atom stereocenters.